The molecule has 0 aliphatic carbocycles. The molecule has 0 spiro atoms. The summed E-state index contributed by atoms with van der Waals surface area (Å²) in [4.78, 5) is 52.3. The highest BCUT2D eigenvalue weighted by Gasteiger charge is 2.24. The highest BCUT2D eigenvalue weighted by atomic mass is 32.2. The maximum Gasteiger partial charge on any atom is 0.255 e. The summed E-state index contributed by atoms with van der Waals surface area (Å²) in [6.45, 7) is 22.5. The van der Waals surface area contributed by atoms with E-state index in [4.69, 9.17) is 28.7 Å². The average molecular weight is 881 g/mol. The lowest BCUT2D eigenvalue weighted by Gasteiger charge is -2.25. The molecule has 0 heterocycles. The molecule has 61 heavy (non-hydrogen) atoms. The van der Waals surface area contributed by atoms with Crippen molar-refractivity contribution < 1.29 is 19.2 Å². The van der Waals surface area contributed by atoms with Gasteiger partial charge in [0, 0.05) is 47.0 Å². The highest BCUT2D eigenvalue weighted by molar-refractivity contribution is 7.99. The molecule has 13 N–H and O–H groups in total. The minimum absolute atomic E-state index is 0.121. The highest BCUT2D eigenvalue weighted by Crippen LogP contribution is 2.40. The molecule has 0 radical (unpaired) electrons. The fourth-order valence-electron chi connectivity index (χ4n) is 5.48. The first-order valence-electron chi connectivity index (χ1n) is 21.4. The molecule has 0 bridgehead atoms. The number of rotatable bonds is 19. The summed E-state index contributed by atoms with van der Waals surface area (Å²) in [5.41, 5.74) is 33.8. The Bertz CT molecular complexity index is 1860. The Kier molecular flexibility index (Phi) is 25.4. The number of anilines is 3. The van der Waals surface area contributed by atoms with Gasteiger partial charge in [-0.3, -0.25) is 14.4 Å². The van der Waals surface area contributed by atoms with E-state index < -0.39 is 11.9 Å². The summed E-state index contributed by atoms with van der Waals surface area (Å²) in [6.07, 6.45) is 5.10. The van der Waals surface area contributed by atoms with Gasteiger partial charge >= 0.3 is 0 Å². The van der Waals surface area contributed by atoms with Crippen LogP contribution in [0.5, 0.6) is 0 Å². The Morgan fingerprint density at radius 2 is 1.08 bits per heavy atom. The molecular weight excluding hydrogens is 805 g/mol. The number of aryl methyl sites for hydroxylation is 1. The van der Waals surface area contributed by atoms with Gasteiger partial charge in [-0.05, 0) is 110 Å². The maximum absolute atomic E-state index is 13.9. The quantitative estimate of drug-likeness (QED) is 0.0421. The molecule has 3 aromatic carbocycles. The summed E-state index contributed by atoms with van der Waals surface area (Å²) in [7, 11) is 0. The van der Waals surface area contributed by atoms with Crippen molar-refractivity contribution in [3.63, 3.8) is 0 Å². The van der Waals surface area contributed by atoms with Crippen molar-refractivity contribution in [3.8, 4) is 0 Å². The number of carbonyl (C=O) groups excluding carboxylic acids is 4. The molecule has 0 saturated heterocycles. The molecular formula is C47H76N8O4S2. The lowest BCUT2D eigenvalue weighted by atomic mass is 9.86. The number of thioether (sulfide) groups is 2. The van der Waals surface area contributed by atoms with Crippen molar-refractivity contribution in [1.82, 2.24) is 0 Å². The SMILES string of the molecule is CCC(C)=O.CCCCN.Cc1cc(C(C)(C)C)cc(NC(=O)c2cccc(C(=O)Nc3cc(C(C)(C)C)cc(NC(=O)C(N)CCCCN)c3SCCN)c2)c1SCCN. The molecule has 3 amide bonds. The number of nitrogens with one attached hydrogen (secondary N) is 3. The Balaban J connectivity index is 0.00000166. The van der Waals surface area contributed by atoms with Crippen LogP contribution in [0.1, 0.15) is 138 Å². The van der Waals surface area contributed by atoms with Gasteiger partial charge in [0.2, 0.25) is 5.91 Å². The number of carbonyl (C=O) groups is 4. The third-order valence-corrected chi connectivity index (χ3v) is 11.8. The molecule has 0 fully saturated rings. The number of hydrogen-bond acceptors (Lipinski definition) is 11. The van der Waals surface area contributed by atoms with Gasteiger partial charge in [0.1, 0.15) is 5.78 Å². The van der Waals surface area contributed by atoms with Gasteiger partial charge in [0.05, 0.1) is 28.0 Å². The number of amides is 3. The van der Waals surface area contributed by atoms with E-state index in [1.807, 2.05) is 32.0 Å². The van der Waals surface area contributed by atoms with Gasteiger partial charge in [-0.2, -0.15) is 0 Å². The Morgan fingerprint density at radius 3 is 1.49 bits per heavy atom. The molecule has 0 saturated carbocycles. The minimum Gasteiger partial charge on any atom is -0.330 e. The summed E-state index contributed by atoms with van der Waals surface area (Å²) < 4.78 is 0. The first-order chi connectivity index (χ1) is 28.7. The summed E-state index contributed by atoms with van der Waals surface area (Å²) in [5.74, 6) is 0.488. The predicted octanol–water partition coefficient (Wildman–Crippen LogP) is 8.32. The molecule has 0 aromatic heterocycles. The number of Topliss-reactive ketones (excluding diaryl/α,β-unsaturated/α-hetero) is 1. The van der Waals surface area contributed by atoms with Gasteiger partial charge in [0.15, 0.2) is 0 Å². The van der Waals surface area contributed by atoms with Crippen LogP contribution in [0, 0.1) is 6.92 Å². The van der Waals surface area contributed by atoms with E-state index in [0.717, 1.165) is 41.0 Å². The van der Waals surface area contributed by atoms with Crippen molar-refractivity contribution in [2.75, 3.05) is 53.6 Å². The van der Waals surface area contributed by atoms with Crippen molar-refractivity contribution in [3.05, 3.63) is 76.3 Å². The van der Waals surface area contributed by atoms with Gasteiger partial charge in [-0.25, -0.2) is 0 Å². The van der Waals surface area contributed by atoms with Crippen LogP contribution in [-0.2, 0) is 20.4 Å². The summed E-state index contributed by atoms with van der Waals surface area (Å²) in [6, 6.07) is 14.0. The van der Waals surface area contributed by atoms with E-state index >= 15 is 0 Å². The fourth-order valence-corrected chi connectivity index (χ4v) is 7.20. The van der Waals surface area contributed by atoms with Crippen molar-refractivity contribution in [2.45, 2.75) is 134 Å². The van der Waals surface area contributed by atoms with Crippen LogP contribution < -0.4 is 44.6 Å². The zero-order valence-corrected chi connectivity index (χ0v) is 40.2. The predicted molar refractivity (Wildman–Crippen MR) is 261 cm³/mol. The number of hydrogen-bond donors (Lipinski definition) is 8. The van der Waals surface area contributed by atoms with Crippen LogP contribution in [0.15, 0.2) is 58.3 Å². The molecule has 1 atom stereocenters. The molecule has 0 aliphatic heterocycles. The molecule has 3 aromatic rings. The minimum atomic E-state index is -0.704. The Hall–Kier alpha value is -3.76. The van der Waals surface area contributed by atoms with Crippen molar-refractivity contribution in [1.29, 1.82) is 0 Å². The smallest absolute Gasteiger partial charge is 0.255 e. The fraction of sp³-hybridized carbons (Fsp3) is 0.532. The third kappa shape index (κ3) is 19.9. The largest absolute Gasteiger partial charge is 0.330 e. The molecule has 14 heteroatoms. The first-order valence-corrected chi connectivity index (χ1v) is 23.3. The van der Waals surface area contributed by atoms with Gasteiger partial charge in [-0.15, -0.1) is 23.5 Å². The van der Waals surface area contributed by atoms with Crippen LogP contribution in [0.3, 0.4) is 0 Å². The van der Waals surface area contributed by atoms with E-state index in [1.54, 1.807) is 43.0 Å². The van der Waals surface area contributed by atoms with Crippen LogP contribution in [0.25, 0.3) is 0 Å². The maximum atomic E-state index is 13.9. The summed E-state index contributed by atoms with van der Waals surface area (Å²) >= 11 is 3.05. The van der Waals surface area contributed by atoms with Crippen molar-refractivity contribution in [2.24, 2.45) is 28.7 Å². The Labute approximate surface area is 374 Å². The van der Waals surface area contributed by atoms with E-state index in [2.05, 4.69) is 70.5 Å². The van der Waals surface area contributed by atoms with E-state index in [0.29, 0.717) is 77.1 Å². The van der Waals surface area contributed by atoms with Crippen LogP contribution in [0.4, 0.5) is 17.1 Å². The average Bonchev–Trinajstić information content (AvgIpc) is 3.20. The second-order valence-electron chi connectivity index (χ2n) is 16.9. The molecule has 1 unspecified atom stereocenters. The molecule has 0 aliphatic rings. The number of nitrogens with two attached hydrogens (primary N) is 5. The summed E-state index contributed by atoms with van der Waals surface area (Å²) in [5, 5.41) is 9.20. The zero-order valence-electron chi connectivity index (χ0n) is 38.5. The second kappa shape index (κ2) is 28.0. The monoisotopic (exact) mass is 881 g/mol. The number of unbranched alkanes of at least 4 members (excludes halogenated alkanes) is 2. The number of benzene rings is 3. The Morgan fingerprint density at radius 1 is 0.639 bits per heavy atom. The van der Waals surface area contributed by atoms with Gasteiger partial charge in [-0.1, -0.05) is 80.4 Å². The van der Waals surface area contributed by atoms with Crippen LogP contribution in [-0.4, -0.2) is 67.2 Å². The lowest BCUT2D eigenvalue weighted by molar-refractivity contribution is -0.118. The zero-order chi connectivity index (χ0) is 46.3. The van der Waals surface area contributed by atoms with Crippen LogP contribution >= 0.6 is 23.5 Å². The van der Waals surface area contributed by atoms with Crippen molar-refractivity contribution >= 4 is 64.1 Å². The van der Waals surface area contributed by atoms with Gasteiger partial charge < -0.3 is 49.4 Å². The van der Waals surface area contributed by atoms with E-state index in [1.165, 1.54) is 24.6 Å². The first kappa shape index (κ1) is 55.3. The van der Waals surface area contributed by atoms with Gasteiger partial charge in [0.25, 0.3) is 11.8 Å². The third-order valence-electron chi connectivity index (χ3n) is 9.33. The standard InChI is InChI=1S/C39H57N7O3S2.C4H11N.C4H8O/c1-24-19-27(38(2,3)4)21-30(33(24)50-17-15-41)44-35(47)25-11-10-12-26(20-25)36(48)45-31-22-28(39(5,6)7)23-32(34(31)51-18-16-42)46-37(49)29(43)13-8-9-14-40;1-2-3-4-5;1-3-4(2)5/h10-12,19-23,29H,8-9,13-18,40-43H2,1-7H3,(H,44,47)(H,45,48)(H,46,49);2-5H2,1H3;3H2,1-2H3. The topological polar surface area (TPSA) is 234 Å². The van der Waals surface area contributed by atoms with E-state index in [9.17, 15) is 19.2 Å². The second-order valence-corrected chi connectivity index (χ2v) is 19.1. The van der Waals surface area contributed by atoms with Crippen LogP contribution in [0.2, 0.25) is 0 Å². The normalized spacial score (nSPS) is 11.7. The molecule has 12 nitrogen and oxygen atoms in total. The number of ketones is 1. The van der Waals surface area contributed by atoms with E-state index in [-0.39, 0.29) is 28.4 Å². The lowest BCUT2D eigenvalue weighted by Crippen LogP contribution is -2.36. The molecule has 340 valence electrons. The molecule has 3 rings (SSSR count).